The summed E-state index contributed by atoms with van der Waals surface area (Å²) in [4.78, 5) is 17.5. The van der Waals surface area contributed by atoms with Gasteiger partial charge in [-0.1, -0.05) is 41.9 Å². The minimum Gasteiger partial charge on any atom is -0.457 e. The standard InChI is InChI=1S/C26H27ClN2O3/c27-23-11-9-22(10-12-23)26(30)29(14-13-28-15-17-31-18-16-28)20-21-5-4-8-25(19-21)32-24-6-2-1-3-7-24/h1-12,19H,13-18,20H2. The maximum atomic E-state index is 13.3. The zero-order chi connectivity index (χ0) is 22.2. The number of para-hydroxylation sites is 1. The Hall–Kier alpha value is -2.86. The van der Waals surface area contributed by atoms with Crippen molar-refractivity contribution in [1.82, 2.24) is 9.80 Å². The minimum atomic E-state index is -0.00990. The Bertz CT molecular complexity index is 1010. The smallest absolute Gasteiger partial charge is 0.254 e. The molecule has 0 saturated carbocycles. The summed E-state index contributed by atoms with van der Waals surface area (Å²) in [6.45, 7) is 5.20. The maximum Gasteiger partial charge on any atom is 0.254 e. The van der Waals surface area contributed by atoms with Crippen LogP contribution in [0.15, 0.2) is 78.9 Å². The number of hydrogen-bond acceptors (Lipinski definition) is 4. The second-order valence-electron chi connectivity index (χ2n) is 7.75. The van der Waals surface area contributed by atoms with Crippen LogP contribution in [0.2, 0.25) is 5.02 Å². The van der Waals surface area contributed by atoms with Gasteiger partial charge in [0.15, 0.2) is 0 Å². The number of rotatable bonds is 8. The molecule has 6 heteroatoms. The highest BCUT2D eigenvalue weighted by Gasteiger charge is 2.19. The lowest BCUT2D eigenvalue weighted by molar-refractivity contribution is 0.0320. The van der Waals surface area contributed by atoms with Crippen LogP contribution in [0.5, 0.6) is 11.5 Å². The van der Waals surface area contributed by atoms with E-state index < -0.39 is 0 Å². The van der Waals surface area contributed by atoms with Gasteiger partial charge in [-0.05, 0) is 54.1 Å². The molecule has 0 aliphatic carbocycles. The molecule has 0 bridgehead atoms. The highest BCUT2D eigenvalue weighted by molar-refractivity contribution is 6.30. The minimum absolute atomic E-state index is 0.00990. The normalized spacial score (nSPS) is 14.2. The van der Waals surface area contributed by atoms with E-state index in [0.717, 1.165) is 49.9 Å². The molecule has 1 saturated heterocycles. The van der Waals surface area contributed by atoms with Crippen molar-refractivity contribution in [2.45, 2.75) is 6.54 Å². The Morgan fingerprint density at radius 1 is 0.938 bits per heavy atom. The maximum absolute atomic E-state index is 13.3. The predicted octanol–water partition coefficient (Wildman–Crippen LogP) is 5.11. The number of amides is 1. The number of benzene rings is 3. The van der Waals surface area contributed by atoms with E-state index in [1.165, 1.54) is 0 Å². The number of morpholine rings is 1. The zero-order valence-electron chi connectivity index (χ0n) is 18.0. The summed E-state index contributed by atoms with van der Waals surface area (Å²) in [5.41, 5.74) is 1.65. The van der Waals surface area contributed by atoms with Gasteiger partial charge in [0.1, 0.15) is 11.5 Å². The van der Waals surface area contributed by atoms with Crippen molar-refractivity contribution in [2.24, 2.45) is 0 Å². The molecule has 3 aromatic carbocycles. The summed E-state index contributed by atoms with van der Waals surface area (Å²) in [7, 11) is 0. The van der Waals surface area contributed by atoms with Gasteiger partial charge in [0.05, 0.1) is 13.2 Å². The lowest BCUT2D eigenvalue weighted by Gasteiger charge is -2.30. The van der Waals surface area contributed by atoms with Crippen molar-refractivity contribution in [3.05, 3.63) is 95.0 Å². The average Bonchev–Trinajstić information content (AvgIpc) is 2.83. The van der Waals surface area contributed by atoms with Gasteiger partial charge in [-0.3, -0.25) is 9.69 Å². The van der Waals surface area contributed by atoms with Crippen LogP contribution in [-0.2, 0) is 11.3 Å². The molecule has 32 heavy (non-hydrogen) atoms. The van der Waals surface area contributed by atoms with Crippen LogP contribution in [0.4, 0.5) is 0 Å². The fraction of sp³-hybridized carbons (Fsp3) is 0.269. The second-order valence-corrected chi connectivity index (χ2v) is 8.19. The van der Waals surface area contributed by atoms with Crippen LogP contribution in [0.3, 0.4) is 0 Å². The van der Waals surface area contributed by atoms with E-state index in [0.29, 0.717) is 23.7 Å². The molecule has 1 heterocycles. The summed E-state index contributed by atoms with van der Waals surface area (Å²) in [5.74, 6) is 1.52. The molecule has 0 radical (unpaired) electrons. The van der Waals surface area contributed by atoms with Crippen LogP contribution in [0.25, 0.3) is 0 Å². The number of halogens is 1. The largest absolute Gasteiger partial charge is 0.457 e. The Morgan fingerprint density at radius 2 is 1.66 bits per heavy atom. The van der Waals surface area contributed by atoms with Crippen molar-refractivity contribution in [2.75, 3.05) is 39.4 Å². The van der Waals surface area contributed by atoms with E-state index in [4.69, 9.17) is 21.1 Å². The summed E-state index contributed by atoms with van der Waals surface area (Å²) >= 11 is 6.02. The zero-order valence-corrected chi connectivity index (χ0v) is 18.7. The van der Waals surface area contributed by atoms with Gasteiger partial charge in [-0.2, -0.15) is 0 Å². The van der Waals surface area contributed by atoms with E-state index in [9.17, 15) is 4.79 Å². The van der Waals surface area contributed by atoms with Crippen molar-refractivity contribution in [1.29, 1.82) is 0 Å². The molecular formula is C26H27ClN2O3. The first kappa shape index (κ1) is 22.3. The van der Waals surface area contributed by atoms with Gasteiger partial charge in [0, 0.05) is 43.3 Å². The van der Waals surface area contributed by atoms with Gasteiger partial charge in [0.25, 0.3) is 5.91 Å². The van der Waals surface area contributed by atoms with Crippen LogP contribution in [0, 0.1) is 0 Å². The van der Waals surface area contributed by atoms with Crippen LogP contribution >= 0.6 is 11.6 Å². The van der Waals surface area contributed by atoms with Gasteiger partial charge in [0.2, 0.25) is 0 Å². The number of nitrogens with zero attached hydrogens (tertiary/aromatic N) is 2. The van der Waals surface area contributed by atoms with E-state index in [-0.39, 0.29) is 5.91 Å². The molecule has 3 aromatic rings. The summed E-state index contributed by atoms with van der Waals surface area (Å²) in [6, 6.07) is 24.6. The van der Waals surface area contributed by atoms with Crippen molar-refractivity contribution >= 4 is 17.5 Å². The molecule has 4 rings (SSSR count). The summed E-state index contributed by atoms with van der Waals surface area (Å²) in [5, 5.41) is 0.618. The van der Waals surface area contributed by atoms with E-state index in [1.54, 1.807) is 24.3 Å². The molecule has 0 atom stereocenters. The Balaban J connectivity index is 1.49. The average molecular weight is 451 g/mol. The molecule has 166 valence electrons. The molecule has 5 nitrogen and oxygen atoms in total. The second kappa shape index (κ2) is 11.1. The number of hydrogen-bond donors (Lipinski definition) is 0. The van der Waals surface area contributed by atoms with Crippen LogP contribution < -0.4 is 4.74 Å². The molecular weight excluding hydrogens is 424 g/mol. The highest BCUT2D eigenvalue weighted by atomic mass is 35.5. The first-order valence-corrected chi connectivity index (χ1v) is 11.2. The third-order valence-corrected chi connectivity index (χ3v) is 5.67. The van der Waals surface area contributed by atoms with E-state index >= 15 is 0 Å². The lowest BCUT2D eigenvalue weighted by Crippen LogP contribution is -2.42. The fourth-order valence-electron chi connectivity index (χ4n) is 3.67. The first-order chi connectivity index (χ1) is 15.7. The lowest BCUT2D eigenvalue weighted by atomic mass is 10.1. The topological polar surface area (TPSA) is 42.0 Å². The predicted molar refractivity (Wildman–Crippen MR) is 126 cm³/mol. The Labute approximate surface area is 194 Å². The van der Waals surface area contributed by atoms with Gasteiger partial charge < -0.3 is 14.4 Å². The number of ether oxygens (including phenoxy) is 2. The molecule has 1 amide bonds. The Morgan fingerprint density at radius 3 is 2.41 bits per heavy atom. The SMILES string of the molecule is O=C(c1ccc(Cl)cc1)N(CCN1CCOCC1)Cc1cccc(Oc2ccccc2)c1. The van der Waals surface area contributed by atoms with Gasteiger partial charge in [-0.25, -0.2) is 0 Å². The molecule has 0 spiro atoms. The number of carbonyl (C=O) groups excluding carboxylic acids is 1. The van der Waals surface area contributed by atoms with Crippen molar-refractivity contribution in [3.8, 4) is 11.5 Å². The van der Waals surface area contributed by atoms with E-state index in [2.05, 4.69) is 4.90 Å². The third-order valence-electron chi connectivity index (χ3n) is 5.42. The van der Waals surface area contributed by atoms with Crippen LogP contribution in [0.1, 0.15) is 15.9 Å². The number of carbonyl (C=O) groups is 1. The molecule has 0 N–H and O–H groups in total. The van der Waals surface area contributed by atoms with Gasteiger partial charge >= 0.3 is 0 Å². The fourth-order valence-corrected chi connectivity index (χ4v) is 3.79. The summed E-state index contributed by atoms with van der Waals surface area (Å²) < 4.78 is 11.4. The molecule has 0 aromatic heterocycles. The quantitative estimate of drug-likeness (QED) is 0.478. The summed E-state index contributed by atoms with van der Waals surface area (Å²) in [6.07, 6.45) is 0. The Kier molecular flexibility index (Phi) is 7.77. The van der Waals surface area contributed by atoms with Crippen LogP contribution in [-0.4, -0.2) is 55.1 Å². The van der Waals surface area contributed by atoms with Gasteiger partial charge in [-0.15, -0.1) is 0 Å². The molecule has 1 fully saturated rings. The third kappa shape index (κ3) is 6.33. The first-order valence-electron chi connectivity index (χ1n) is 10.8. The monoisotopic (exact) mass is 450 g/mol. The molecule has 1 aliphatic rings. The van der Waals surface area contributed by atoms with Crippen molar-refractivity contribution in [3.63, 3.8) is 0 Å². The van der Waals surface area contributed by atoms with E-state index in [1.807, 2.05) is 59.5 Å². The highest BCUT2D eigenvalue weighted by Crippen LogP contribution is 2.23. The molecule has 0 unspecified atom stereocenters. The van der Waals surface area contributed by atoms with Crippen molar-refractivity contribution < 1.29 is 14.3 Å². The molecule has 1 aliphatic heterocycles.